The molecule has 0 saturated carbocycles. The monoisotopic (exact) mass is 359 g/mol. The summed E-state index contributed by atoms with van der Waals surface area (Å²) in [6.45, 7) is 2.11. The molecule has 0 aliphatic rings. The van der Waals surface area contributed by atoms with Crippen molar-refractivity contribution in [3.05, 3.63) is 72.1 Å². The van der Waals surface area contributed by atoms with Gasteiger partial charge in [-0.15, -0.1) is 0 Å². The third kappa shape index (κ3) is 4.80. The number of hydrogen-bond donors (Lipinski definition) is 2. The molecule has 0 fully saturated rings. The molecule has 27 heavy (non-hydrogen) atoms. The Hall–Kier alpha value is -3.92. The van der Waals surface area contributed by atoms with E-state index in [9.17, 15) is 4.79 Å². The maximum atomic E-state index is 11.7. The first-order valence-corrected chi connectivity index (χ1v) is 8.31. The molecule has 0 unspecified atom stereocenters. The number of nitriles is 1. The van der Waals surface area contributed by atoms with E-state index in [1.807, 2.05) is 12.1 Å². The fourth-order valence-corrected chi connectivity index (χ4v) is 2.32. The van der Waals surface area contributed by atoms with Crippen LogP contribution in [0.2, 0.25) is 0 Å². The van der Waals surface area contributed by atoms with Gasteiger partial charge in [-0.2, -0.15) is 5.26 Å². The number of esters is 1. The lowest BCUT2D eigenvalue weighted by Gasteiger charge is -2.09. The number of rotatable bonds is 6. The molecular weight excluding hydrogens is 342 g/mol. The van der Waals surface area contributed by atoms with Crippen molar-refractivity contribution in [1.29, 1.82) is 5.26 Å². The van der Waals surface area contributed by atoms with Crippen molar-refractivity contribution in [3.63, 3.8) is 0 Å². The zero-order valence-corrected chi connectivity index (χ0v) is 14.6. The minimum Gasteiger partial charge on any atom is -0.462 e. The summed E-state index contributed by atoms with van der Waals surface area (Å²) in [6, 6.07) is 17.9. The quantitative estimate of drug-likeness (QED) is 0.641. The average Bonchev–Trinajstić information content (AvgIpc) is 2.70. The Morgan fingerprint density at radius 2 is 1.56 bits per heavy atom. The summed E-state index contributed by atoms with van der Waals surface area (Å²) in [5.41, 5.74) is 2.69. The van der Waals surface area contributed by atoms with Crippen LogP contribution >= 0.6 is 0 Å². The van der Waals surface area contributed by atoms with E-state index in [2.05, 4.69) is 26.7 Å². The number of carbonyl (C=O) groups excluding carboxylic acids is 1. The minimum atomic E-state index is -0.347. The second kappa shape index (κ2) is 8.45. The van der Waals surface area contributed by atoms with Gasteiger partial charge in [-0.05, 0) is 55.5 Å². The highest BCUT2D eigenvalue weighted by Crippen LogP contribution is 2.20. The van der Waals surface area contributed by atoms with E-state index in [1.165, 1.54) is 6.33 Å². The molecule has 2 aromatic carbocycles. The lowest BCUT2D eigenvalue weighted by atomic mass is 10.2. The lowest BCUT2D eigenvalue weighted by molar-refractivity contribution is 0.0526. The maximum Gasteiger partial charge on any atom is 0.338 e. The fourth-order valence-electron chi connectivity index (χ4n) is 2.32. The van der Waals surface area contributed by atoms with Gasteiger partial charge in [0.2, 0.25) is 0 Å². The summed E-state index contributed by atoms with van der Waals surface area (Å²) < 4.78 is 4.97. The van der Waals surface area contributed by atoms with E-state index in [-0.39, 0.29) is 5.97 Å². The van der Waals surface area contributed by atoms with E-state index in [4.69, 9.17) is 10.00 Å². The number of aromatic nitrogens is 2. The van der Waals surface area contributed by atoms with Gasteiger partial charge in [-0.1, -0.05) is 0 Å². The smallest absolute Gasteiger partial charge is 0.338 e. The fraction of sp³-hybridized carbons (Fsp3) is 0.100. The number of anilines is 4. The first-order chi connectivity index (χ1) is 13.2. The van der Waals surface area contributed by atoms with Crippen molar-refractivity contribution in [2.24, 2.45) is 0 Å². The number of nitrogens with zero attached hydrogens (tertiary/aromatic N) is 3. The molecule has 7 heteroatoms. The summed E-state index contributed by atoms with van der Waals surface area (Å²) in [6.07, 6.45) is 1.45. The molecule has 0 saturated heterocycles. The molecular formula is C20H17N5O2. The highest BCUT2D eigenvalue weighted by Gasteiger charge is 2.06. The van der Waals surface area contributed by atoms with Gasteiger partial charge < -0.3 is 15.4 Å². The summed E-state index contributed by atoms with van der Waals surface area (Å²) in [5.74, 6) is 0.866. The Morgan fingerprint density at radius 1 is 1.00 bits per heavy atom. The van der Waals surface area contributed by atoms with Crippen LogP contribution in [0.1, 0.15) is 22.8 Å². The van der Waals surface area contributed by atoms with Crippen molar-refractivity contribution >= 4 is 29.0 Å². The van der Waals surface area contributed by atoms with Crippen LogP contribution in [0.5, 0.6) is 0 Å². The van der Waals surface area contributed by atoms with Crippen molar-refractivity contribution in [2.75, 3.05) is 17.2 Å². The SMILES string of the molecule is CCOC(=O)c1ccc(Nc2cc(Nc3ccc(C#N)cc3)ncn2)cc1. The largest absolute Gasteiger partial charge is 0.462 e. The predicted octanol–water partition coefficient (Wildman–Crippen LogP) is 4.01. The van der Waals surface area contributed by atoms with E-state index >= 15 is 0 Å². The molecule has 134 valence electrons. The third-order valence-electron chi connectivity index (χ3n) is 3.62. The summed E-state index contributed by atoms with van der Waals surface area (Å²) >= 11 is 0. The van der Waals surface area contributed by atoms with Crippen molar-refractivity contribution < 1.29 is 9.53 Å². The minimum absolute atomic E-state index is 0.342. The van der Waals surface area contributed by atoms with Crippen LogP contribution in [0.25, 0.3) is 0 Å². The van der Waals surface area contributed by atoms with Crippen LogP contribution in [0.15, 0.2) is 60.9 Å². The first-order valence-electron chi connectivity index (χ1n) is 8.31. The van der Waals surface area contributed by atoms with Gasteiger partial charge in [0.05, 0.1) is 23.8 Å². The first kappa shape index (κ1) is 17.9. The molecule has 0 aliphatic carbocycles. The summed E-state index contributed by atoms with van der Waals surface area (Å²) in [7, 11) is 0. The Labute approximate surface area is 156 Å². The number of hydrogen-bond acceptors (Lipinski definition) is 7. The Kier molecular flexibility index (Phi) is 5.60. The van der Waals surface area contributed by atoms with Gasteiger partial charge >= 0.3 is 5.97 Å². The number of benzene rings is 2. The highest BCUT2D eigenvalue weighted by molar-refractivity contribution is 5.89. The van der Waals surface area contributed by atoms with Crippen LogP contribution < -0.4 is 10.6 Å². The van der Waals surface area contributed by atoms with Crippen LogP contribution in [0, 0.1) is 11.3 Å². The molecule has 0 atom stereocenters. The van der Waals surface area contributed by atoms with Crippen LogP contribution in [0.3, 0.4) is 0 Å². The molecule has 0 aliphatic heterocycles. The zero-order chi connectivity index (χ0) is 19.1. The Balaban J connectivity index is 1.68. The lowest BCUT2D eigenvalue weighted by Crippen LogP contribution is -2.04. The summed E-state index contributed by atoms with van der Waals surface area (Å²) in [5, 5.41) is 15.2. The molecule has 3 rings (SSSR count). The van der Waals surface area contributed by atoms with Gasteiger partial charge in [0.15, 0.2) is 0 Å². The standard InChI is InChI=1S/C20H17N5O2/c1-2-27-20(26)15-5-9-17(10-6-15)25-19-11-18(22-13-23-19)24-16-7-3-14(12-21)4-8-16/h3-11,13H,2H2,1H3,(H2,22,23,24,25). The summed E-state index contributed by atoms with van der Waals surface area (Å²) in [4.78, 5) is 20.1. The molecule has 0 bridgehead atoms. The Morgan fingerprint density at radius 3 is 2.07 bits per heavy atom. The van der Waals surface area contributed by atoms with Gasteiger partial charge in [0, 0.05) is 17.4 Å². The second-order valence-electron chi connectivity index (χ2n) is 5.53. The van der Waals surface area contributed by atoms with Crippen LogP contribution in [-0.4, -0.2) is 22.5 Å². The highest BCUT2D eigenvalue weighted by atomic mass is 16.5. The molecule has 1 aromatic heterocycles. The van der Waals surface area contributed by atoms with Gasteiger partial charge in [-0.25, -0.2) is 14.8 Å². The maximum absolute atomic E-state index is 11.7. The second-order valence-corrected chi connectivity index (χ2v) is 5.53. The molecule has 3 aromatic rings. The Bertz CT molecular complexity index is 963. The van der Waals surface area contributed by atoms with Crippen LogP contribution in [0.4, 0.5) is 23.0 Å². The number of nitrogens with one attached hydrogen (secondary N) is 2. The van der Waals surface area contributed by atoms with Gasteiger partial charge in [0.1, 0.15) is 18.0 Å². The topological polar surface area (TPSA) is 99.9 Å². The van der Waals surface area contributed by atoms with Crippen molar-refractivity contribution in [2.45, 2.75) is 6.92 Å². The number of ether oxygens (including phenoxy) is 1. The van der Waals surface area contributed by atoms with E-state index in [0.29, 0.717) is 29.4 Å². The molecule has 2 N–H and O–H groups in total. The van der Waals surface area contributed by atoms with Crippen molar-refractivity contribution in [1.82, 2.24) is 9.97 Å². The van der Waals surface area contributed by atoms with Crippen LogP contribution in [-0.2, 0) is 4.74 Å². The predicted molar refractivity (Wildman–Crippen MR) is 102 cm³/mol. The molecule has 1 heterocycles. The third-order valence-corrected chi connectivity index (χ3v) is 3.62. The van der Waals surface area contributed by atoms with Crippen molar-refractivity contribution in [3.8, 4) is 6.07 Å². The molecule has 0 amide bonds. The normalized spacial score (nSPS) is 9.93. The molecule has 0 radical (unpaired) electrons. The molecule has 0 spiro atoms. The van der Waals surface area contributed by atoms with E-state index in [1.54, 1.807) is 49.4 Å². The number of carbonyl (C=O) groups is 1. The van der Waals surface area contributed by atoms with E-state index in [0.717, 1.165) is 11.4 Å². The van der Waals surface area contributed by atoms with Gasteiger partial charge in [0.25, 0.3) is 0 Å². The molecule has 7 nitrogen and oxygen atoms in total. The van der Waals surface area contributed by atoms with Gasteiger partial charge in [-0.3, -0.25) is 0 Å². The average molecular weight is 359 g/mol. The van der Waals surface area contributed by atoms with E-state index < -0.39 is 0 Å². The zero-order valence-electron chi connectivity index (χ0n) is 14.6.